The molecule has 6 heteroatoms. The fourth-order valence-corrected chi connectivity index (χ4v) is 2.41. The molecule has 1 aliphatic carbocycles. The van der Waals surface area contributed by atoms with E-state index in [9.17, 15) is 9.59 Å². The SMILES string of the molecule is NC(=O)c1ccccc1Oc1ccc(NC(=O)CNCC2CC2)cc1. The molecule has 3 rings (SSSR count). The van der Waals surface area contributed by atoms with Gasteiger partial charge >= 0.3 is 0 Å². The summed E-state index contributed by atoms with van der Waals surface area (Å²) in [5, 5.41) is 5.97. The summed E-state index contributed by atoms with van der Waals surface area (Å²) in [5.74, 6) is 1.08. The predicted octanol–water partition coefficient (Wildman–Crippen LogP) is 2.52. The molecule has 2 aromatic carbocycles. The number of primary amides is 1. The van der Waals surface area contributed by atoms with E-state index in [2.05, 4.69) is 10.6 Å². The van der Waals surface area contributed by atoms with E-state index in [1.807, 2.05) is 0 Å². The number of benzene rings is 2. The van der Waals surface area contributed by atoms with Gasteiger partial charge < -0.3 is 21.1 Å². The normalized spacial score (nSPS) is 13.3. The fourth-order valence-electron chi connectivity index (χ4n) is 2.41. The Balaban J connectivity index is 1.55. The molecule has 0 bridgehead atoms. The number of amides is 2. The molecule has 1 saturated carbocycles. The van der Waals surface area contributed by atoms with Crippen LogP contribution < -0.4 is 21.1 Å². The first kappa shape index (κ1) is 17.0. The van der Waals surface area contributed by atoms with Crippen LogP contribution in [-0.4, -0.2) is 24.9 Å². The largest absolute Gasteiger partial charge is 0.457 e. The van der Waals surface area contributed by atoms with Crippen molar-refractivity contribution in [2.24, 2.45) is 11.7 Å². The zero-order chi connectivity index (χ0) is 17.6. The molecule has 1 aliphatic rings. The Morgan fingerprint density at radius 3 is 2.48 bits per heavy atom. The molecule has 25 heavy (non-hydrogen) atoms. The minimum Gasteiger partial charge on any atom is -0.457 e. The summed E-state index contributed by atoms with van der Waals surface area (Å²) in [6, 6.07) is 13.7. The minimum absolute atomic E-state index is 0.0756. The summed E-state index contributed by atoms with van der Waals surface area (Å²) in [4.78, 5) is 23.3. The number of carbonyl (C=O) groups excluding carboxylic acids is 2. The van der Waals surface area contributed by atoms with Gasteiger partial charge in [-0.25, -0.2) is 0 Å². The van der Waals surface area contributed by atoms with Crippen LogP contribution in [0, 0.1) is 5.92 Å². The van der Waals surface area contributed by atoms with Gasteiger partial charge in [0.05, 0.1) is 12.1 Å². The van der Waals surface area contributed by atoms with E-state index in [1.54, 1.807) is 48.5 Å². The second kappa shape index (κ2) is 7.81. The highest BCUT2D eigenvalue weighted by Gasteiger charge is 2.20. The number of ether oxygens (including phenoxy) is 1. The number of hydrogen-bond donors (Lipinski definition) is 3. The molecule has 4 N–H and O–H groups in total. The Hall–Kier alpha value is -2.86. The molecule has 0 aliphatic heterocycles. The molecule has 2 aromatic rings. The predicted molar refractivity (Wildman–Crippen MR) is 95.7 cm³/mol. The van der Waals surface area contributed by atoms with Crippen LogP contribution in [-0.2, 0) is 4.79 Å². The van der Waals surface area contributed by atoms with Crippen molar-refractivity contribution in [2.45, 2.75) is 12.8 Å². The smallest absolute Gasteiger partial charge is 0.252 e. The van der Waals surface area contributed by atoms with Crippen molar-refractivity contribution in [3.63, 3.8) is 0 Å². The molecular formula is C19H21N3O3. The topological polar surface area (TPSA) is 93.5 Å². The summed E-state index contributed by atoms with van der Waals surface area (Å²) < 4.78 is 5.70. The van der Waals surface area contributed by atoms with Gasteiger partial charge in [-0.15, -0.1) is 0 Å². The van der Waals surface area contributed by atoms with Crippen LogP contribution in [0.3, 0.4) is 0 Å². The molecule has 1 fully saturated rings. The molecule has 2 amide bonds. The van der Waals surface area contributed by atoms with Crippen molar-refractivity contribution in [3.05, 3.63) is 54.1 Å². The molecule has 0 heterocycles. The van der Waals surface area contributed by atoms with E-state index in [4.69, 9.17) is 10.5 Å². The maximum absolute atomic E-state index is 11.9. The van der Waals surface area contributed by atoms with Crippen LogP contribution in [0.1, 0.15) is 23.2 Å². The molecule has 0 unspecified atom stereocenters. The van der Waals surface area contributed by atoms with Gasteiger partial charge in [-0.05, 0) is 61.7 Å². The highest BCUT2D eigenvalue weighted by molar-refractivity contribution is 5.95. The average Bonchev–Trinajstić information content (AvgIpc) is 3.41. The first-order chi connectivity index (χ1) is 12.1. The number of para-hydroxylation sites is 1. The second-order valence-corrected chi connectivity index (χ2v) is 6.11. The van der Waals surface area contributed by atoms with E-state index in [0.717, 1.165) is 12.5 Å². The number of rotatable bonds is 8. The standard InChI is InChI=1S/C19H21N3O3/c20-19(24)16-3-1-2-4-17(16)25-15-9-7-14(8-10-15)22-18(23)12-21-11-13-5-6-13/h1-4,7-10,13,21H,5-6,11-12H2,(H2,20,24)(H,22,23). The molecule has 130 valence electrons. The van der Waals surface area contributed by atoms with Crippen molar-refractivity contribution in [1.82, 2.24) is 5.32 Å². The third kappa shape index (κ3) is 5.06. The molecule has 0 radical (unpaired) electrons. The lowest BCUT2D eigenvalue weighted by Crippen LogP contribution is -2.29. The molecule has 6 nitrogen and oxygen atoms in total. The van der Waals surface area contributed by atoms with Crippen LogP contribution >= 0.6 is 0 Å². The Bertz CT molecular complexity index is 755. The van der Waals surface area contributed by atoms with Crippen LogP contribution in [0.25, 0.3) is 0 Å². The lowest BCUT2D eigenvalue weighted by atomic mass is 10.2. The number of anilines is 1. The van der Waals surface area contributed by atoms with Gasteiger partial charge in [0.15, 0.2) is 0 Å². The fraction of sp³-hybridized carbons (Fsp3) is 0.263. The maximum Gasteiger partial charge on any atom is 0.252 e. The highest BCUT2D eigenvalue weighted by Crippen LogP contribution is 2.27. The van der Waals surface area contributed by atoms with Crippen LogP contribution in [0.4, 0.5) is 5.69 Å². The van der Waals surface area contributed by atoms with Crippen LogP contribution in [0.15, 0.2) is 48.5 Å². The van der Waals surface area contributed by atoms with Crippen molar-refractivity contribution >= 4 is 17.5 Å². The number of hydrogen-bond acceptors (Lipinski definition) is 4. The summed E-state index contributed by atoms with van der Waals surface area (Å²) >= 11 is 0. The average molecular weight is 339 g/mol. The first-order valence-corrected chi connectivity index (χ1v) is 8.29. The van der Waals surface area contributed by atoms with E-state index < -0.39 is 5.91 Å². The van der Waals surface area contributed by atoms with Crippen molar-refractivity contribution in [3.8, 4) is 11.5 Å². The third-order valence-corrected chi connectivity index (χ3v) is 3.93. The first-order valence-electron chi connectivity index (χ1n) is 8.29. The quantitative estimate of drug-likeness (QED) is 0.689. The molecule has 0 spiro atoms. The number of nitrogens with one attached hydrogen (secondary N) is 2. The van der Waals surface area contributed by atoms with Gasteiger partial charge in [0.25, 0.3) is 5.91 Å². The minimum atomic E-state index is -0.543. The van der Waals surface area contributed by atoms with Gasteiger partial charge in [-0.3, -0.25) is 9.59 Å². The summed E-state index contributed by atoms with van der Waals surface area (Å²) in [6.45, 7) is 1.21. The Morgan fingerprint density at radius 2 is 1.80 bits per heavy atom. The summed E-state index contributed by atoms with van der Waals surface area (Å²) in [6.07, 6.45) is 2.52. The molecule has 0 atom stereocenters. The zero-order valence-corrected chi connectivity index (χ0v) is 13.8. The van der Waals surface area contributed by atoms with E-state index >= 15 is 0 Å². The number of nitrogens with two attached hydrogens (primary N) is 1. The van der Waals surface area contributed by atoms with Gasteiger partial charge in [0.2, 0.25) is 5.91 Å². The molecular weight excluding hydrogens is 318 g/mol. The van der Waals surface area contributed by atoms with Crippen LogP contribution in [0.5, 0.6) is 11.5 Å². The van der Waals surface area contributed by atoms with Gasteiger partial charge in [0.1, 0.15) is 11.5 Å². The monoisotopic (exact) mass is 339 g/mol. The van der Waals surface area contributed by atoms with Gasteiger partial charge in [0, 0.05) is 5.69 Å². The maximum atomic E-state index is 11.9. The Labute approximate surface area is 146 Å². The lowest BCUT2D eigenvalue weighted by Gasteiger charge is -2.10. The third-order valence-electron chi connectivity index (χ3n) is 3.93. The Kier molecular flexibility index (Phi) is 5.30. The van der Waals surface area contributed by atoms with E-state index in [0.29, 0.717) is 29.3 Å². The summed E-state index contributed by atoms with van der Waals surface area (Å²) in [7, 11) is 0. The second-order valence-electron chi connectivity index (χ2n) is 6.11. The highest BCUT2D eigenvalue weighted by atomic mass is 16.5. The molecule has 0 aromatic heterocycles. The number of carbonyl (C=O) groups is 2. The zero-order valence-electron chi connectivity index (χ0n) is 13.8. The molecule has 0 saturated heterocycles. The lowest BCUT2D eigenvalue weighted by molar-refractivity contribution is -0.115. The van der Waals surface area contributed by atoms with E-state index in [-0.39, 0.29) is 5.91 Å². The van der Waals surface area contributed by atoms with Crippen molar-refractivity contribution in [2.75, 3.05) is 18.4 Å². The Morgan fingerprint density at radius 1 is 1.08 bits per heavy atom. The van der Waals surface area contributed by atoms with Gasteiger partial charge in [-0.1, -0.05) is 12.1 Å². The van der Waals surface area contributed by atoms with E-state index in [1.165, 1.54) is 12.8 Å². The van der Waals surface area contributed by atoms with Gasteiger partial charge in [-0.2, -0.15) is 0 Å². The summed E-state index contributed by atoms with van der Waals surface area (Å²) in [5.41, 5.74) is 6.35. The van der Waals surface area contributed by atoms with Crippen molar-refractivity contribution < 1.29 is 14.3 Å². The van der Waals surface area contributed by atoms with Crippen LogP contribution in [0.2, 0.25) is 0 Å². The van der Waals surface area contributed by atoms with Crippen molar-refractivity contribution in [1.29, 1.82) is 0 Å².